The zero-order valence-electron chi connectivity index (χ0n) is 5.50. The Kier molecular flexibility index (Phi) is 2.91. The molecule has 0 aliphatic heterocycles. The predicted molar refractivity (Wildman–Crippen MR) is 32.0 cm³/mol. The quantitative estimate of drug-likeness (QED) is 0.567. The van der Waals surface area contributed by atoms with Crippen molar-refractivity contribution in [3.8, 4) is 0 Å². The van der Waals surface area contributed by atoms with Gasteiger partial charge in [0.1, 0.15) is 6.29 Å². The zero-order chi connectivity index (χ0) is 7.44. The lowest BCUT2D eigenvalue weighted by atomic mass is 9.98. The van der Waals surface area contributed by atoms with Crippen LogP contribution in [0.4, 0.5) is 0 Å². The van der Waals surface area contributed by atoms with E-state index in [1.54, 1.807) is 6.92 Å². The smallest absolute Gasteiger partial charge is 0.306 e. The van der Waals surface area contributed by atoms with Crippen molar-refractivity contribution >= 4 is 12.3 Å². The van der Waals surface area contributed by atoms with E-state index < -0.39 is 11.9 Å². The normalized spacial score (nSPS) is 16.2. The lowest BCUT2D eigenvalue weighted by Crippen LogP contribution is -2.18. The Bertz CT molecular complexity index is 119. The molecule has 2 unspecified atom stereocenters. The second-order valence-corrected chi connectivity index (χ2v) is 2.12. The second-order valence-electron chi connectivity index (χ2n) is 2.12. The maximum Gasteiger partial charge on any atom is 0.306 e. The van der Waals surface area contributed by atoms with Gasteiger partial charge < -0.3 is 9.90 Å². The average Bonchev–Trinajstić information content (AvgIpc) is 1.84. The summed E-state index contributed by atoms with van der Waals surface area (Å²) in [5, 5.41) is 8.32. The molecule has 0 radical (unpaired) electrons. The van der Waals surface area contributed by atoms with Crippen molar-refractivity contribution in [3.05, 3.63) is 0 Å². The van der Waals surface area contributed by atoms with Gasteiger partial charge in [-0.15, -0.1) is 0 Å². The Hall–Kier alpha value is -0.860. The standard InChI is InChI=1S/C6H10O3/c1-4(3-7)5(2)6(8)9/h3-5H,1-2H3,(H,8,9). The molecular formula is C6H10O3. The first kappa shape index (κ1) is 8.14. The Balaban J connectivity index is 3.86. The first-order valence-electron chi connectivity index (χ1n) is 2.77. The van der Waals surface area contributed by atoms with Crippen LogP contribution in [0.1, 0.15) is 13.8 Å². The summed E-state index contributed by atoms with van der Waals surface area (Å²) in [4.78, 5) is 20.1. The molecule has 9 heavy (non-hydrogen) atoms. The Morgan fingerprint density at radius 3 is 2.11 bits per heavy atom. The van der Waals surface area contributed by atoms with E-state index in [0.29, 0.717) is 6.29 Å². The summed E-state index contributed by atoms with van der Waals surface area (Å²) in [6, 6.07) is 0. The number of hydrogen-bond acceptors (Lipinski definition) is 2. The lowest BCUT2D eigenvalue weighted by molar-refractivity contribution is -0.144. The number of hydrogen-bond donors (Lipinski definition) is 1. The van der Waals surface area contributed by atoms with Crippen LogP contribution in [0.5, 0.6) is 0 Å². The van der Waals surface area contributed by atoms with E-state index in [4.69, 9.17) is 5.11 Å². The maximum absolute atomic E-state index is 10.1. The van der Waals surface area contributed by atoms with Gasteiger partial charge in [0.25, 0.3) is 0 Å². The van der Waals surface area contributed by atoms with E-state index in [-0.39, 0.29) is 5.92 Å². The minimum Gasteiger partial charge on any atom is -0.481 e. The molecule has 0 fully saturated rings. The van der Waals surface area contributed by atoms with E-state index in [0.717, 1.165) is 0 Å². The number of carboxylic acid groups (broad SMARTS) is 1. The number of carbonyl (C=O) groups excluding carboxylic acids is 1. The minimum atomic E-state index is -0.922. The van der Waals surface area contributed by atoms with Gasteiger partial charge in [-0.25, -0.2) is 0 Å². The van der Waals surface area contributed by atoms with Gasteiger partial charge in [-0.2, -0.15) is 0 Å². The molecular weight excluding hydrogens is 120 g/mol. The average molecular weight is 130 g/mol. The summed E-state index contributed by atoms with van der Waals surface area (Å²) in [6.45, 7) is 3.10. The number of carboxylic acids is 1. The first-order chi connectivity index (χ1) is 4.09. The molecule has 0 aromatic carbocycles. The topological polar surface area (TPSA) is 54.4 Å². The third-order valence-electron chi connectivity index (χ3n) is 1.39. The highest BCUT2D eigenvalue weighted by molar-refractivity contribution is 5.74. The van der Waals surface area contributed by atoms with Crippen LogP contribution in [0, 0.1) is 11.8 Å². The van der Waals surface area contributed by atoms with E-state index in [2.05, 4.69) is 0 Å². The molecule has 0 saturated heterocycles. The van der Waals surface area contributed by atoms with Crippen molar-refractivity contribution in [2.24, 2.45) is 11.8 Å². The third-order valence-corrected chi connectivity index (χ3v) is 1.39. The highest BCUT2D eigenvalue weighted by Crippen LogP contribution is 2.06. The minimum absolute atomic E-state index is 0.387. The van der Waals surface area contributed by atoms with Crippen LogP contribution < -0.4 is 0 Å². The van der Waals surface area contributed by atoms with Gasteiger partial charge in [0, 0.05) is 5.92 Å². The van der Waals surface area contributed by atoms with Gasteiger partial charge in [0.05, 0.1) is 5.92 Å². The molecule has 3 heteroatoms. The summed E-state index contributed by atoms with van der Waals surface area (Å²) in [7, 11) is 0. The highest BCUT2D eigenvalue weighted by atomic mass is 16.4. The fourth-order valence-corrected chi connectivity index (χ4v) is 0.343. The maximum atomic E-state index is 10.1. The SMILES string of the molecule is CC(C=O)C(C)C(=O)O. The summed E-state index contributed by atoms with van der Waals surface area (Å²) in [5.41, 5.74) is 0. The second kappa shape index (κ2) is 3.22. The Morgan fingerprint density at radius 1 is 1.56 bits per heavy atom. The van der Waals surface area contributed by atoms with Crippen molar-refractivity contribution in [3.63, 3.8) is 0 Å². The molecule has 0 saturated carbocycles. The number of rotatable bonds is 3. The van der Waals surface area contributed by atoms with Gasteiger partial charge >= 0.3 is 5.97 Å². The largest absolute Gasteiger partial charge is 0.481 e. The van der Waals surface area contributed by atoms with Gasteiger partial charge in [-0.3, -0.25) is 4.79 Å². The number of carbonyl (C=O) groups is 2. The van der Waals surface area contributed by atoms with Crippen molar-refractivity contribution in [2.45, 2.75) is 13.8 Å². The lowest BCUT2D eigenvalue weighted by Gasteiger charge is -2.06. The van der Waals surface area contributed by atoms with Crippen LogP contribution in [0.3, 0.4) is 0 Å². The van der Waals surface area contributed by atoms with Gasteiger partial charge in [0.15, 0.2) is 0 Å². The molecule has 2 atom stereocenters. The predicted octanol–water partition coefficient (Wildman–Crippen LogP) is 0.542. The molecule has 0 amide bonds. The Morgan fingerprint density at radius 2 is 2.00 bits per heavy atom. The van der Waals surface area contributed by atoms with Gasteiger partial charge in [-0.1, -0.05) is 13.8 Å². The number of aldehydes is 1. The molecule has 0 aliphatic rings. The van der Waals surface area contributed by atoms with Crippen LogP contribution in [0.2, 0.25) is 0 Å². The fourth-order valence-electron chi connectivity index (χ4n) is 0.343. The molecule has 0 aromatic heterocycles. The molecule has 3 nitrogen and oxygen atoms in total. The first-order valence-corrected chi connectivity index (χ1v) is 2.77. The monoisotopic (exact) mass is 130 g/mol. The summed E-state index contributed by atoms with van der Waals surface area (Å²) >= 11 is 0. The van der Waals surface area contributed by atoms with E-state index in [9.17, 15) is 9.59 Å². The van der Waals surface area contributed by atoms with Gasteiger partial charge in [-0.05, 0) is 0 Å². The molecule has 1 N–H and O–H groups in total. The summed E-state index contributed by atoms with van der Waals surface area (Å²) in [6.07, 6.45) is 0.652. The number of aliphatic carboxylic acids is 1. The molecule has 0 spiro atoms. The van der Waals surface area contributed by atoms with Crippen molar-refractivity contribution < 1.29 is 14.7 Å². The Labute approximate surface area is 53.7 Å². The third kappa shape index (κ3) is 2.26. The molecule has 0 bridgehead atoms. The fraction of sp³-hybridized carbons (Fsp3) is 0.667. The van der Waals surface area contributed by atoms with Crippen molar-refractivity contribution in [1.29, 1.82) is 0 Å². The zero-order valence-corrected chi connectivity index (χ0v) is 5.50. The van der Waals surface area contributed by atoms with Crippen LogP contribution in [-0.2, 0) is 9.59 Å². The molecule has 0 heterocycles. The summed E-state index contributed by atoms with van der Waals surface area (Å²) < 4.78 is 0. The van der Waals surface area contributed by atoms with Crippen LogP contribution in [0.25, 0.3) is 0 Å². The van der Waals surface area contributed by atoms with E-state index >= 15 is 0 Å². The van der Waals surface area contributed by atoms with Crippen molar-refractivity contribution in [1.82, 2.24) is 0 Å². The van der Waals surface area contributed by atoms with Crippen LogP contribution in [0.15, 0.2) is 0 Å². The van der Waals surface area contributed by atoms with Crippen LogP contribution in [-0.4, -0.2) is 17.4 Å². The van der Waals surface area contributed by atoms with E-state index in [1.807, 2.05) is 0 Å². The molecule has 0 aliphatic carbocycles. The molecule has 0 aromatic rings. The van der Waals surface area contributed by atoms with Crippen LogP contribution >= 0.6 is 0 Å². The van der Waals surface area contributed by atoms with E-state index in [1.165, 1.54) is 6.92 Å². The highest BCUT2D eigenvalue weighted by Gasteiger charge is 2.17. The molecule has 0 rings (SSSR count). The van der Waals surface area contributed by atoms with Gasteiger partial charge in [0.2, 0.25) is 0 Å². The van der Waals surface area contributed by atoms with Crippen molar-refractivity contribution in [2.75, 3.05) is 0 Å². The molecule has 52 valence electrons. The summed E-state index contributed by atoms with van der Waals surface area (Å²) in [5.74, 6) is -1.88.